The molecule has 2 heterocycles. The van der Waals surface area contributed by atoms with Crippen molar-refractivity contribution in [3.05, 3.63) is 0 Å². The van der Waals surface area contributed by atoms with Gasteiger partial charge in [0.1, 0.15) is 17.8 Å². The summed E-state index contributed by atoms with van der Waals surface area (Å²) in [5.41, 5.74) is -1.51. The zero-order valence-electron chi connectivity index (χ0n) is 14.7. The SMILES string of the molecule is CO[C@H]1O[C@@H]2CO[Si](C(C)(C)C)(C(C)(C)C)O[C@H]1[C@@]2(O)CO. The zero-order valence-corrected chi connectivity index (χ0v) is 15.7. The second-order valence-electron chi connectivity index (χ2n) is 8.34. The molecule has 22 heavy (non-hydrogen) atoms. The molecule has 0 saturated carbocycles. The number of aliphatic hydroxyl groups excluding tert-OH is 1. The number of ether oxygens (including phenoxy) is 2. The Kier molecular flexibility index (Phi) is 4.59. The van der Waals surface area contributed by atoms with Crippen molar-refractivity contribution in [3.63, 3.8) is 0 Å². The molecule has 130 valence electrons. The molecule has 2 fully saturated rings. The lowest BCUT2D eigenvalue weighted by molar-refractivity contribution is -0.166. The minimum atomic E-state index is -2.78. The molecule has 2 aliphatic heterocycles. The van der Waals surface area contributed by atoms with Crippen LogP contribution >= 0.6 is 0 Å². The van der Waals surface area contributed by atoms with Gasteiger partial charge >= 0.3 is 8.56 Å². The molecule has 2 N–H and O–H groups in total. The predicted octanol–water partition coefficient (Wildman–Crippen LogP) is 1.54. The lowest BCUT2D eigenvalue weighted by Crippen LogP contribution is -2.61. The Morgan fingerprint density at radius 3 is 2.14 bits per heavy atom. The molecule has 0 aromatic heterocycles. The van der Waals surface area contributed by atoms with E-state index in [1.54, 1.807) is 0 Å². The van der Waals surface area contributed by atoms with Crippen molar-refractivity contribution in [2.24, 2.45) is 0 Å². The minimum Gasteiger partial charge on any atom is -0.393 e. The quantitative estimate of drug-likeness (QED) is 0.746. The summed E-state index contributed by atoms with van der Waals surface area (Å²) in [5.74, 6) is 0. The Balaban J connectivity index is 2.51. The fourth-order valence-electron chi connectivity index (χ4n) is 3.80. The summed E-state index contributed by atoms with van der Waals surface area (Å²) >= 11 is 0. The maximum atomic E-state index is 10.9. The maximum Gasteiger partial charge on any atom is 0.349 e. The van der Waals surface area contributed by atoms with Gasteiger partial charge in [-0.3, -0.25) is 0 Å². The first-order valence-corrected chi connectivity index (χ1v) is 9.58. The van der Waals surface area contributed by atoms with Gasteiger partial charge in [-0.1, -0.05) is 41.5 Å². The van der Waals surface area contributed by atoms with Crippen LogP contribution in [0.15, 0.2) is 0 Å². The van der Waals surface area contributed by atoms with Crippen molar-refractivity contribution in [3.8, 4) is 0 Å². The predicted molar refractivity (Wildman–Crippen MR) is 83.7 cm³/mol. The number of methoxy groups -OCH3 is 1. The lowest BCUT2D eigenvalue weighted by Gasteiger charge is -2.50. The number of hydrogen-bond acceptors (Lipinski definition) is 6. The molecule has 2 bridgehead atoms. The van der Waals surface area contributed by atoms with Crippen LogP contribution in [-0.4, -0.2) is 63.2 Å². The normalized spacial score (nSPS) is 38.9. The van der Waals surface area contributed by atoms with Crippen LogP contribution in [0.2, 0.25) is 10.1 Å². The molecule has 0 spiro atoms. The Labute approximate surface area is 134 Å². The van der Waals surface area contributed by atoms with Crippen molar-refractivity contribution in [1.29, 1.82) is 0 Å². The van der Waals surface area contributed by atoms with E-state index in [4.69, 9.17) is 18.3 Å². The fraction of sp³-hybridized carbons (Fsp3) is 1.00. The highest BCUT2D eigenvalue weighted by atomic mass is 28.4. The molecule has 2 rings (SSSR count). The molecule has 0 unspecified atom stereocenters. The van der Waals surface area contributed by atoms with Gasteiger partial charge in [0, 0.05) is 17.2 Å². The van der Waals surface area contributed by atoms with E-state index in [-0.39, 0.29) is 16.7 Å². The van der Waals surface area contributed by atoms with Crippen LogP contribution in [0.3, 0.4) is 0 Å². The van der Waals surface area contributed by atoms with Gasteiger partial charge in [-0.2, -0.15) is 0 Å². The van der Waals surface area contributed by atoms with E-state index in [1.165, 1.54) is 7.11 Å². The summed E-state index contributed by atoms with van der Waals surface area (Å²) in [7, 11) is -1.27. The summed E-state index contributed by atoms with van der Waals surface area (Å²) in [6.45, 7) is 12.3. The first kappa shape index (κ1) is 18.3. The van der Waals surface area contributed by atoms with Crippen molar-refractivity contribution in [2.45, 2.75) is 75.7 Å². The summed E-state index contributed by atoms with van der Waals surface area (Å²) in [6.07, 6.45) is -2.13. The van der Waals surface area contributed by atoms with Gasteiger partial charge in [-0.05, 0) is 0 Å². The van der Waals surface area contributed by atoms with Crippen LogP contribution < -0.4 is 0 Å². The highest BCUT2D eigenvalue weighted by molar-refractivity contribution is 6.73. The first-order valence-electron chi connectivity index (χ1n) is 7.76. The van der Waals surface area contributed by atoms with Crippen LogP contribution in [0.4, 0.5) is 0 Å². The first-order chi connectivity index (χ1) is 9.93. The standard InChI is InChI=1S/C15H30O6Si/c1-13(2,3)22(14(4,5)6)19-8-10-15(17,9-16)11(21-22)12(18-7)20-10/h10-12,16-17H,8-9H2,1-7H3/t10-,11-,12+,15-/m1/s1. The highest BCUT2D eigenvalue weighted by Gasteiger charge is 2.68. The average Bonchev–Trinajstić information content (AvgIpc) is 2.52. The van der Waals surface area contributed by atoms with Gasteiger partial charge in [0.25, 0.3) is 0 Å². The Bertz CT molecular complexity index is 401. The third-order valence-electron chi connectivity index (χ3n) is 4.79. The Morgan fingerprint density at radius 1 is 1.18 bits per heavy atom. The number of aliphatic hydroxyl groups is 2. The van der Waals surface area contributed by atoms with E-state index >= 15 is 0 Å². The Morgan fingerprint density at radius 2 is 1.73 bits per heavy atom. The molecule has 2 saturated heterocycles. The maximum absolute atomic E-state index is 10.9. The molecule has 6 nitrogen and oxygen atoms in total. The van der Waals surface area contributed by atoms with E-state index in [0.29, 0.717) is 0 Å². The molecular weight excluding hydrogens is 304 g/mol. The number of rotatable bonds is 2. The fourth-order valence-corrected chi connectivity index (χ4v) is 8.75. The second-order valence-corrected chi connectivity index (χ2v) is 13.1. The van der Waals surface area contributed by atoms with Crippen LogP contribution in [-0.2, 0) is 18.3 Å². The molecule has 0 radical (unpaired) electrons. The topological polar surface area (TPSA) is 77.4 Å². The summed E-state index contributed by atoms with van der Waals surface area (Å²) in [4.78, 5) is 0. The second kappa shape index (κ2) is 5.51. The van der Waals surface area contributed by atoms with E-state index < -0.39 is 39.3 Å². The number of fused-ring (bicyclic) bond motifs is 2. The molecular formula is C15H30O6Si. The minimum absolute atomic E-state index is 0.189. The van der Waals surface area contributed by atoms with Gasteiger partial charge in [0.2, 0.25) is 0 Å². The van der Waals surface area contributed by atoms with Crippen molar-refractivity contribution in [2.75, 3.05) is 20.3 Å². The molecule has 0 aliphatic carbocycles. The highest BCUT2D eigenvalue weighted by Crippen LogP contribution is 2.56. The summed E-state index contributed by atoms with van der Waals surface area (Å²) < 4.78 is 23.8. The van der Waals surface area contributed by atoms with Crippen LogP contribution in [0.25, 0.3) is 0 Å². The summed E-state index contributed by atoms with van der Waals surface area (Å²) in [6, 6.07) is 0. The van der Waals surface area contributed by atoms with Crippen molar-refractivity contribution >= 4 is 8.56 Å². The van der Waals surface area contributed by atoms with Gasteiger partial charge < -0.3 is 28.5 Å². The molecule has 4 atom stereocenters. The van der Waals surface area contributed by atoms with Gasteiger partial charge in [-0.15, -0.1) is 0 Å². The third kappa shape index (κ3) is 2.47. The largest absolute Gasteiger partial charge is 0.393 e. The van der Waals surface area contributed by atoms with Crippen LogP contribution in [0.1, 0.15) is 41.5 Å². The summed E-state index contributed by atoms with van der Waals surface area (Å²) in [5, 5.41) is 20.2. The number of hydrogen-bond donors (Lipinski definition) is 2. The molecule has 2 aliphatic rings. The molecule has 0 aromatic rings. The van der Waals surface area contributed by atoms with Gasteiger partial charge in [0.15, 0.2) is 6.29 Å². The molecule has 0 amide bonds. The monoisotopic (exact) mass is 334 g/mol. The van der Waals surface area contributed by atoms with Crippen molar-refractivity contribution < 1.29 is 28.5 Å². The molecule has 0 aromatic carbocycles. The lowest BCUT2D eigenvalue weighted by atomic mass is 9.94. The van der Waals surface area contributed by atoms with Gasteiger partial charge in [-0.25, -0.2) is 0 Å². The zero-order chi connectivity index (χ0) is 17.0. The van der Waals surface area contributed by atoms with E-state index in [9.17, 15) is 10.2 Å². The van der Waals surface area contributed by atoms with Crippen LogP contribution in [0.5, 0.6) is 0 Å². The average molecular weight is 334 g/mol. The smallest absolute Gasteiger partial charge is 0.349 e. The van der Waals surface area contributed by atoms with Gasteiger partial charge in [0.05, 0.1) is 13.2 Å². The Hall–Kier alpha value is -0.0231. The van der Waals surface area contributed by atoms with Crippen LogP contribution in [0, 0.1) is 0 Å². The third-order valence-corrected chi connectivity index (χ3v) is 9.90. The van der Waals surface area contributed by atoms with Crippen molar-refractivity contribution in [1.82, 2.24) is 0 Å². The van der Waals surface area contributed by atoms with E-state index in [2.05, 4.69) is 41.5 Å². The van der Waals surface area contributed by atoms with E-state index in [0.717, 1.165) is 0 Å². The van der Waals surface area contributed by atoms with E-state index in [1.807, 2.05) is 0 Å². The molecule has 7 heteroatoms.